The van der Waals surface area contributed by atoms with Crippen LogP contribution in [0.2, 0.25) is 0 Å². The van der Waals surface area contributed by atoms with Crippen molar-refractivity contribution in [2.75, 3.05) is 0 Å². The van der Waals surface area contributed by atoms with E-state index in [1.54, 1.807) is 24.3 Å². The predicted octanol–water partition coefficient (Wildman–Crippen LogP) is 3.33. The number of aromatic hydroxyl groups is 2. The molecule has 0 unspecified atom stereocenters. The number of phenolic OH excluding ortho intramolecular Hbond substituents is 2. The maximum Gasteiger partial charge on any atom is 0.123 e. The van der Waals surface area contributed by atoms with Crippen molar-refractivity contribution in [3.8, 4) is 22.6 Å². The van der Waals surface area contributed by atoms with Crippen LogP contribution in [0.1, 0.15) is 12.5 Å². The second kappa shape index (κ2) is 4.27. The molecule has 82 valence electrons. The van der Waals surface area contributed by atoms with Gasteiger partial charge in [0.2, 0.25) is 0 Å². The van der Waals surface area contributed by atoms with Gasteiger partial charge in [-0.15, -0.1) is 0 Å². The molecule has 0 atom stereocenters. The Morgan fingerprint density at radius 3 is 2.44 bits per heavy atom. The Kier molecular flexibility index (Phi) is 2.82. The Balaban J connectivity index is 2.63. The van der Waals surface area contributed by atoms with Gasteiger partial charge < -0.3 is 10.2 Å². The zero-order valence-electron chi connectivity index (χ0n) is 9.14. The van der Waals surface area contributed by atoms with Crippen molar-refractivity contribution in [2.45, 2.75) is 13.3 Å². The van der Waals surface area contributed by atoms with Crippen molar-refractivity contribution >= 4 is 0 Å². The molecule has 2 aromatic rings. The minimum atomic E-state index is 0.211. The highest BCUT2D eigenvalue weighted by molar-refractivity contribution is 5.74. The maximum atomic E-state index is 9.89. The summed E-state index contributed by atoms with van der Waals surface area (Å²) in [4.78, 5) is 0. The molecule has 0 fully saturated rings. The number of phenols is 2. The van der Waals surface area contributed by atoms with Crippen LogP contribution in [0.3, 0.4) is 0 Å². The summed E-state index contributed by atoms with van der Waals surface area (Å²) in [5, 5.41) is 19.3. The highest BCUT2D eigenvalue weighted by Crippen LogP contribution is 2.34. The Morgan fingerprint density at radius 2 is 1.75 bits per heavy atom. The van der Waals surface area contributed by atoms with Crippen LogP contribution in [0.5, 0.6) is 11.5 Å². The smallest absolute Gasteiger partial charge is 0.123 e. The first-order valence-corrected chi connectivity index (χ1v) is 5.32. The normalized spacial score (nSPS) is 10.3. The molecule has 0 amide bonds. The molecule has 2 heteroatoms. The summed E-state index contributed by atoms with van der Waals surface area (Å²) in [5.41, 5.74) is 2.72. The number of hydrogen-bond donors (Lipinski definition) is 2. The first-order chi connectivity index (χ1) is 7.72. The molecule has 0 aliphatic carbocycles. The van der Waals surface area contributed by atoms with Gasteiger partial charge in [0.1, 0.15) is 11.5 Å². The summed E-state index contributed by atoms with van der Waals surface area (Å²) in [6.45, 7) is 2.04. The predicted molar refractivity (Wildman–Crippen MR) is 64.6 cm³/mol. The van der Waals surface area contributed by atoms with E-state index in [2.05, 4.69) is 0 Å². The molecule has 0 radical (unpaired) electrons. The Morgan fingerprint density at radius 1 is 1.00 bits per heavy atom. The lowest BCUT2D eigenvalue weighted by Crippen LogP contribution is -1.88. The number of hydrogen-bond acceptors (Lipinski definition) is 2. The lowest BCUT2D eigenvalue weighted by molar-refractivity contribution is 0.474. The first kappa shape index (κ1) is 10.6. The average molecular weight is 214 g/mol. The van der Waals surface area contributed by atoms with Gasteiger partial charge >= 0.3 is 0 Å². The van der Waals surface area contributed by atoms with Gasteiger partial charge in [0.15, 0.2) is 0 Å². The second-order valence-corrected chi connectivity index (χ2v) is 3.72. The largest absolute Gasteiger partial charge is 0.508 e. The van der Waals surface area contributed by atoms with E-state index < -0.39 is 0 Å². The SMILES string of the molecule is CCc1cccc(O)c1-c1cccc(O)c1. The maximum absolute atomic E-state index is 9.89. The third kappa shape index (κ3) is 1.87. The molecule has 2 nitrogen and oxygen atoms in total. The van der Waals surface area contributed by atoms with Crippen LogP contribution in [-0.2, 0) is 6.42 Å². The zero-order chi connectivity index (χ0) is 11.5. The van der Waals surface area contributed by atoms with E-state index in [1.807, 2.05) is 25.1 Å². The van der Waals surface area contributed by atoms with Crippen molar-refractivity contribution < 1.29 is 10.2 Å². The van der Waals surface area contributed by atoms with E-state index in [9.17, 15) is 10.2 Å². The van der Waals surface area contributed by atoms with Crippen LogP contribution in [0, 0.1) is 0 Å². The molecule has 0 saturated carbocycles. The fourth-order valence-electron chi connectivity index (χ4n) is 1.88. The van der Waals surface area contributed by atoms with Crippen LogP contribution in [0.15, 0.2) is 42.5 Å². The average Bonchev–Trinajstić information content (AvgIpc) is 2.28. The van der Waals surface area contributed by atoms with E-state index in [4.69, 9.17) is 0 Å². The number of rotatable bonds is 2. The van der Waals surface area contributed by atoms with E-state index in [-0.39, 0.29) is 11.5 Å². The number of aryl methyl sites for hydroxylation is 1. The monoisotopic (exact) mass is 214 g/mol. The molecule has 0 aromatic heterocycles. The molecule has 0 aliphatic rings. The Hall–Kier alpha value is -1.96. The molecular formula is C14H14O2. The van der Waals surface area contributed by atoms with Crippen molar-refractivity contribution in [1.82, 2.24) is 0 Å². The van der Waals surface area contributed by atoms with Gasteiger partial charge in [-0.05, 0) is 35.7 Å². The lowest BCUT2D eigenvalue weighted by atomic mass is 9.97. The van der Waals surface area contributed by atoms with E-state index >= 15 is 0 Å². The number of benzene rings is 2. The van der Waals surface area contributed by atoms with Gasteiger partial charge in [0.05, 0.1) is 0 Å². The lowest BCUT2D eigenvalue weighted by Gasteiger charge is -2.10. The van der Waals surface area contributed by atoms with Crippen molar-refractivity contribution in [3.05, 3.63) is 48.0 Å². The Labute approximate surface area is 94.8 Å². The van der Waals surface area contributed by atoms with Gasteiger partial charge in [-0.1, -0.05) is 31.2 Å². The molecule has 0 heterocycles. The standard InChI is InChI=1S/C14H14O2/c1-2-10-5-4-8-13(16)14(10)11-6-3-7-12(15)9-11/h3-9,15-16H,2H2,1H3. The van der Waals surface area contributed by atoms with Crippen molar-refractivity contribution in [3.63, 3.8) is 0 Å². The van der Waals surface area contributed by atoms with Crippen LogP contribution >= 0.6 is 0 Å². The van der Waals surface area contributed by atoms with E-state index in [1.165, 1.54) is 0 Å². The topological polar surface area (TPSA) is 40.5 Å². The summed E-state index contributed by atoms with van der Waals surface area (Å²) in [6, 6.07) is 12.4. The molecule has 16 heavy (non-hydrogen) atoms. The van der Waals surface area contributed by atoms with E-state index in [0.717, 1.165) is 23.1 Å². The van der Waals surface area contributed by atoms with Gasteiger partial charge in [-0.3, -0.25) is 0 Å². The van der Waals surface area contributed by atoms with Gasteiger partial charge in [-0.25, -0.2) is 0 Å². The van der Waals surface area contributed by atoms with Crippen LogP contribution in [0.25, 0.3) is 11.1 Å². The van der Waals surface area contributed by atoms with E-state index in [0.29, 0.717) is 0 Å². The van der Waals surface area contributed by atoms with Crippen LogP contribution in [-0.4, -0.2) is 10.2 Å². The van der Waals surface area contributed by atoms with Gasteiger partial charge in [-0.2, -0.15) is 0 Å². The van der Waals surface area contributed by atoms with Crippen LogP contribution in [0.4, 0.5) is 0 Å². The molecule has 2 N–H and O–H groups in total. The van der Waals surface area contributed by atoms with Gasteiger partial charge in [0, 0.05) is 5.56 Å². The highest BCUT2D eigenvalue weighted by atomic mass is 16.3. The highest BCUT2D eigenvalue weighted by Gasteiger charge is 2.09. The van der Waals surface area contributed by atoms with Crippen molar-refractivity contribution in [2.24, 2.45) is 0 Å². The quantitative estimate of drug-likeness (QED) is 0.805. The zero-order valence-corrected chi connectivity index (χ0v) is 9.14. The Bertz CT molecular complexity index is 504. The van der Waals surface area contributed by atoms with Crippen molar-refractivity contribution in [1.29, 1.82) is 0 Å². The summed E-state index contributed by atoms with van der Waals surface area (Å²) < 4.78 is 0. The third-order valence-corrected chi connectivity index (χ3v) is 2.64. The summed E-state index contributed by atoms with van der Waals surface area (Å²) in [5.74, 6) is 0.466. The second-order valence-electron chi connectivity index (χ2n) is 3.72. The molecule has 2 rings (SSSR count). The van der Waals surface area contributed by atoms with Gasteiger partial charge in [0.25, 0.3) is 0 Å². The molecule has 0 bridgehead atoms. The third-order valence-electron chi connectivity index (χ3n) is 2.64. The molecule has 2 aromatic carbocycles. The first-order valence-electron chi connectivity index (χ1n) is 5.32. The minimum Gasteiger partial charge on any atom is -0.508 e. The molecule has 0 aliphatic heterocycles. The molecular weight excluding hydrogens is 200 g/mol. The fraction of sp³-hybridized carbons (Fsp3) is 0.143. The van der Waals surface area contributed by atoms with Crippen LogP contribution < -0.4 is 0 Å². The molecule has 0 saturated heterocycles. The summed E-state index contributed by atoms with van der Waals surface area (Å²) >= 11 is 0. The minimum absolute atomic E-state index is 0.211. The summed E-state index contributed by atoms with van der Waals surface area (Å²) in [6.07, 6.45) is 0.847. The molecule has 0 spiro atoms. The fourth-order valence-corrected chi connectivity index (χ4v) is 1.88. The summed E-state index contributed by atoms with van der Waals surface area (Å²) in [7, 11) is 0.